The zero-order valence-electron chi connectivity index (χ0n) is 13.2. The molecule has 6 nitrogen and oxygen atoms in total. The number of hydrogen-bond donors (Lipinski definition) is 1. The summed E-state index contributed by atoms with van der Waals surface area (Å²) in [5.74, 6) is 0.755. The van der Waals surface area contributed by atoms with Crippen molar-refractivity contribution >= 4 is 5.91 Å². The van der Waals surface area contributed by atoms with E-state index in [1.54, 1.807) is 30.3 Å². The predicted octanol–water partition coefficient (Wildman–Crippen LogP) is 1.31. The molecule has 0 fully saturated rings. The molecule has 2 rings (SSSR count). The molecule has 1 aromatic carbocycles. The van der Waals surface area contributed by atoms with Crippen LogP contribution in [-0.4, -0.2) is 48.3 Å². The van der Waals surface area contributed by atoms with Gasteiger partial charge in [0, 0.05) is 18.9 Å². The molecule has 118 valence electrons. The lowest BCUT2D eigenvalue weighted by atomic mass is 10.1. The number of methoxy groups -OCH3 is 1. The highest BCUT2D eigenvalue weighted by molar-refractivity contribution is 5.75. The summed E-state index contributed by atoms with van der Waals surface area (Å²) in [5, 5.41) is 6.98. The Balaban J connectivity index is 1.98. The minimum atomic E-state index is -0.0570. The topological polar surface area (TPSA) is 59.4 Å². The Bertz CT molecular complexity index is 596. The van der Waals surface area contributed by atoms with Crippen molar-refractivity contribution in [2.45, 2.75) is 12.6 Å². The molecule has 0 radical (unpaired) electrons. The molecule has 1 heterocycles. The van der Waals surface area contributed by atoms with E-state index in [0.29, 0.717) is 6.54 Å². The van der Waals surface area contributed by atoms with E-state index in [0.717, 1.165) is 11.3 Å². The van der Waals surface area contributed by atoms with E-state index >= 15 is 0 Å². The first-order valence-electron chi connectivity index (χ1n) is 7.14. The summed E-state index contributed by atoms with van der Waals surface area (Å²) in [7, 11) is 5.63. The number of hydrogen-bond acceptors (Lipinski definition) is 4. The van der Waals surface area contributed by atoms with Crippen molar-refractivity contribution < 1.29 is 9.53 Å². The largest absolute Gasteiger partial charge is 0.497 e. The highest BCUT2D eigenvalue weighted by Gasteiger charge is 2.16. The molecule has 6 heteroatoms. The smallest absolute Gasteiger partial charge is 0.241 e. The van der Waals surface area contributed by atoms with Crippen LogP contribution in [0.25, 0.3) is 0 Å². The maximum atomic E-state index is 12.0. The van der Waals surface area contributed by atoms with E-state index in [1.165, 1.54) is 0 Å². The molecule has 0 spiro atoms. The summed E-state index contributed by atoms with van der Waals surface area (Å²) >= 11 is 0. The zero-order chi connectivity index (χ0) is 15.9. The molecule has 0 unspecified atom stereocenters. The van der Waals surface area contributed by atoms with Gasteiger partial charge in [-0.1, -0.05) is 12.1 Å². The molecule has 1 amide bonds. The minimum Gasteiger partial charge on any atom is -0.497 e. The Morgan fingerprint density at radius 3 is 2.86 bits per heavy atom. The van der Waals surface area contributed by atoms with Gasteiger partial charge in [-0.15, -0.1) is 0 Å². The second kappa shape index (κ2) is 7.61. The van der Waals surface area contributed by atoms with Crippen molar-refractivity contribution in [1.29, 1.82) is 0 Å². The molecule has 0 saturated heterocycles. The number of nitrogens with one attached hydrogen (secondary N) is 1. The Kier molecular flexibility index (Phi) is 5.55. The van der Waals surface area contributed by atoms with Crippen molar-refractivity contribution in [3.63, 3.8) is 0 Å². The lowest BCUT2D eigenvalue weighted by Crippen LogP contribution is -2.36. The second-order valence-electron chi connectivity index (χ2n) is 5.26. The predicted molar refractivity (Wildman–Crippen MR) is 84.7 cm³/mol. The van der Waals surface area contributed by atoms with Crippen LogP contribution in [0.5, 0.6) is 5.75 Å². The number of carbonyl (C=O) groups excluding carboxylic acids is 1. The van der Waals surface area contributed by atoms with E-state index in [2.05, 4.69) is 15.3 Å². The van der Waals surface area contributed by atoms with Gasteiger partial charge in [0.15, 0.2) is 0 Å². The van der Waals surface area contributed by atoms with Crippen LogP contribution in [0.4, 0.5) is 0 Å². The Morgan fingerprint density at radius 2 is 2.23 bits per heavy atom. The van der Waals surface area contributed by atoms with Crippen LogP contribution in [0, 0.1) is 0 Å². The lowest BCUT2D eigenvalue weighted by molar-refractivity contribution is -0.122. The number of amides is 1. The fraction of sp³-hybridized carbons (Fsp3) is 0.375. The number of aromatic nitrogens is 2. The normalized spacial score (nSPS) is 12.2. The highest BCUT2D eigenvalue weighted by Crippen LogP contribution is 2.21. The molecule has 1 N–H and O–H groups in total. The number of nitrogens with zero attached hydrogens (tertiary/aromatic N) is 3. The molecule has 1 atom stereocenters. The third-order valence-electron chi connectivity index (χ3n) is 3.46. The molecule has 2 aromatic rings. The Labute approximate surface area is 130 Å². The van der Waals surface area contributed by atoms with Crippen LogP contribution in [0.2, 0.25) is 0 Å². The van der Waals surface area contributed by atoms with Gasteiger partial charge in [-0.2, -0.15) is 5.10 Å². The lowest BCUT2D eigenvalue weighted by Gasteiger charge is -2.25. The summed E-state index contributed by atoms with van der Waals surface area (Å²) in [6.07, 6.45) is 3.43. The van der Waals surface area contributed by atoms with Gasteiger partial charge in [-0.05, 0) is 37.9 Å². The summed E-state index contributed by atoms with van der Waals surface area (Å²) in [6, 6.07) is 9.77. The van der Waals surface area contributed by atoms with Gasteiger partial charge >= 0.3 is 0 Å². The SMILES string of the molecule is COc1cccc([C@@H](CNC(=O)Cn2cccn2)N(C)C)c1. The Morgan fingerprint density at radius 1 is 1.41 bits per heavy atom. The van der Waals surface area contributed by atoms with Crippen LogP contribution in [0.15, 0.2) is 42.7 Å². The standard InChI is InChI=1S/C16H22N4O2/c1-19(2)15(13-6-4-7-14(10-13)22-3)11-17-16(21)12-20-9-5-8-18-20/h4-10,15H,11-12H2,1-3H3,(H,17,21)/t15-/m1/s1. The fourth-order valence-corrected chi connectivity index (χ4v) is 2.25. The first-order chi connectivity index (χ1) is 10.6. The monoisotopic (exact) mass is 302 g/mol. The van der Waals surface area contributed by atoms with E-state index in [1.807, 2.05) is 38.4 Å². The quantitative estimate of drug-likeness (QED) is 0.838. The van der Waals surface area contributed by atoms with Crippen LogP contribution in [0.3, 0.4) is 0 Å². The maximum absolute atomic E-state index is 12.0. The summed E-state index contributed by atoms with van der Waals surface area (Å²) in [6.45, 7) is 0.755. The fourth-order valence-electron chi connectivity index (χ4n) is 2.25. The van der Waals surface area contributed by atoms with Gasteiger partial charge in [-0.3, -0.25) is 9.48 Å². The molecule has 0 aliphatic rings. The second-order valence-corrected chi connectivity index (χ2v) is 5.26. The molecule has 0 saturated carbocycles. The third-order valence-corrected chi connectivity index (χ3v) is 3.46. The van der Waals surface area contributed by atoms with E-state index in [4.69, 9.17) is 4.74 Å². The average Bonchev–Trinajstić information content (AvgIpc) is 3.00. The zero-order valence-corrected chi connectivity index (χ0v) is 13.2. The van der Waals surface area contributed by atoms with Crippen molar-refractivity contribution in [2.75, 3.05) is 27.7 Å². The van der Waals surface area contributed by atoms with Gasteiger partial charge < -0.3 is 15.0 Å². The van der Waals surface area contributed by atoms with E-state index in [9.17, 15) is 4.79 Å². The maximum Gasteiger partial charge on any atom is 0.241 e. The van der Waals surface area contributed by atoms with E-state index < -0.39 is 0 Å². The van der Waals surface area contributed by atoms with Gasteiger partial charge in [0.25, 0.3) is 0 Å². The molecule has 0 aliphatic carbocycles. The first kappa shape index (κ1) is 16.0. The highest BCUT2D eigenvalue weighted by atomic mass is 16.5. The van der Waals surface area contributed by atoms with Gasteiger partial charge in [0.2, 0.25) is 5.91 Å². The van der Waals surface area contributed by atoms with Gasteiger partial charge in [0.05, 0.1) is 13.2 Å². The van der Waals surface area contributed by atoms with Crippen molar-refractivity contribution in [2.24, 2.45) is 0 Å². The summed E-state index contributed by atoms with van der Waals surface area (Å²) in [5.41, 5.74) is 1.10. The van der Waals surface area contributed by atoms with Crippen LogP contribution in [0.1, 0.15) is 11.6 Å². The third kappa shape index (κ3) is 4.33. The average molecular weight is 302 g/mol. The molecule has 1 aromatic heterocycles. The Hall–Kier alpha value is -2.34. The number of likely N-dealkylation sites (N-methyl/N-ethyl adjacent to an activating group) is 1. The van der Waals surface area contributed by atoms with Crippen molar-refractivity contribution in [3.05, 3.63) is 48.3 Å². The van der Waals surface area contributed by atoms with Crippen LogP contribution in [-0.2, 0) is 11.3 Å². The summed E-state index contributed by atoms with van der Waals surface area (Å²) in [4.78, 5) is 14.0. The van der Waals surface area contributed by atoms with E-state index in [-0.39, 0.29) is 18.5 Å². The molecule has 0 bridgehead atoms. The molecule has 0 aliphatic heterocycles. The van der Waals surface area contributed by atoms with Crippen LogP contribution < -0.4 is 10.1 Å². The van der Waals surface area contributed by atoms with Crippen molar-refractivity contribution in [1.82, 2.24) is 20.0 Å². The molecule has 22 heavy (non-hydrogen) atoms. The number of rotatable bonds is 7. The molecular formula is C16H22N4O2. The molecular weight excluding hydrogens is 280 g/mol. The van der Waals surface area contributed by atoms with Gasteiger partial charge in [0.1, 0.15) is 12.3 Å². The van der Waals surface area contributed by atoms with Crippen LogP contribution >= 0.6 is 0 Å². The number of ether oxygens (including phenoxy) is 1. The number of benzene rings is 1. The number of carbonyl (C=O) groups is 1. The van der Waals surface area contributed by atoms with Crippen molar-refractivity contribution in [3.8, 4) is 5.75 Å². The van der Waals surface area contributed by atoms with Gasteiger partial charge in [-0.25, -0.2) is 0 Å². The minimum absolute atomic E-state index is 0.0570. The first-order valence-corrected chi connectivity index (χ1v) is 7.14. The summed E-state index contributed by atoms with van der Waals surface area (Å²) < 4.78 is 6.87.